The Morgan fingerprint density at radius 1 is 1.05 bits per heavy atom. The number of rotatable bonds is 2. The van der Waals surface area contributed by atoms with E-state index >= 15 is 0 Å². The van der Waals surface area contributed by atoms with E-state index in [0.29, 0.717) is 5.69 Å². The zero-order chi connectivity index (χ0) is 14.2. The molecule has 0 aliphatic carbocycles. The number of aromatic amines is 1. The molecule has 0 saturated heterocycles. The Bertz CT molecular complexity index is 713. The molecule has 0 bridgehead atoms. The van der Waals surface area contributed by atoms with Crippen LogP contribution < -0.4 is 0 Å². The summed E-state index contributed by atoms with van der Waals surface area (Å²) in [6.45, 7) is 0. The van der Waals surface area contributed by atoms with Crippen LogP contribution in [0, 0.1) is 0 Å². The molecule has 0 aliphatic rings. The van der Waals surface area contributed by atoms with Crippen molar-refractivity contribution in [1.82, 2.24) is 19.7 Å². The van der Waals surface area contributed by atoms with Gasteiger partial charge in [0.2, 0.25) is 0 Å². The SMILES string of the molecule is FC(F)(F)c1cc(-c2cn(-c3ccccc3)cn2)n[nH]1. The molecule has 1 aromatic carbocycles. The molecule has 3 aromatic rings. The normalized spacial score (nSPS) is 11.8. The van der Waals surface area contributed by atoms with Crippen molar-refractivity contribution in [2.75, 3.05) is 0 Å². The highest BCUT2D eigenvalue weighted by Crippen LogP contribution is 2.29. The molecule has 0 fully saturated rings. The number of halogens is 3. The number of imidazole rings is 1. The van der Waals surface area contributed by atoms with Crippen molar-refractivity contribution in [2.24, 2.45) is 0 Å². The Labute approximate surface area is 111 Å². The largest absolute Gasteiger partial charge is 0.432 e. The van der Waals surface area contributed by atoms with E-state index in [2.05, 4.69) is 10.1 Å². The first kappa shape index (κ1) is 12.5. The minimum Gasteiger partial charge on any atom is -0.306 e. The number of hydrogen-bond acceptors (Lipinski definition) is 2. The van der Waals surface area contributed by atoms with E-state index in [1.165, 1.54) is 6.33 Å². The van der Waals surface area contributed by atoms with Crippen molar-refractivity contribution in [2.45, 2.75) is 6.18 Å². The molecule has 0 radical (unpaired) electrons. The Morgan fingerprint density at radius 3 is 2.45 bits per heavy atom. The lowest BCUT2D eigenvalue weighted by Crippen LogP contribution is -2.04. The number of nitrogens with zero attached hydrogens (tertiary/aromatic N) is 3. The first-order valence-electron chi connectivity index (χ1n) is 5.76. The zero-order valence-electron chi connectivity index (χ0n) is 10.1. The summed E-state index contributed by atoms with van der Waals surface area (Å²) in [6.07, 6.45) is -1.27. The summed E-state index contributed by atoms with van der Waals surface area (Å²) in [5.74, 6) is 0. The number of benzene rings is 1. The molecule has 4 nitrogen and oxygen atoms in total. The number of nitrogens with one attached hydrogen (secondary N) is 1. The van der Waals surface area contributed by atoms with Crippen LogP contribution in [0.4, 0.5) is 13.2 Å². The molecule has 2 aromatic heterocycles. The van der Waals surface area contributed by atoms with Crippen molar-refractivity contribution in [3.8, 4) is 17.1 Å². The second-order valence-corrected chi connectivity index (χ2v) is 4.17. The molecule has 1 N–H and O–H groups in total. The quantitative estimate of drug-likeness (QED) is 0.782. The maximum atomic E-state index is 12.5. The van der Waals surface area contributed by atoms with Gasteiger partial charge in [0.05, 0.1) is 6.33 Å². The van der Waals surface area contributed by atoms with Crippen LogP contribution in [0.15, 0.2) is 48.9 Å². The summed E-state index contributed by atoms with van der Waals surface area (Å²) in [6, 6.07) is 10.3. The van der Waals surface area contributed by atoms with E-state index in [4.69, 9.17) is 0 Å². The summed E-state index contributed by atoms with van der Waals surface area (Å²) in [4.78, 5) is 4.07. The second-order valence-electron chi connectivity index (χ2n) is 4.17. The first-order chi connectivity index (χ1) is 9.54. The Morgan fingerprint density at radius 2 is 1.80 bits per heavy atom. The second kappa shape index (κ2) is 4.52. The molecule has 7 heteroatoms. The van der Waals surface area contributed by atoms with E-state index in [9.17, 15) is 13.2 Å². The lowest BCUT2D eigenvalue weighted by Gasteiger charge is -1.99. The average Bonchev–Trinajstić information content (AvgIpc) is 3.08. The molecule has 0 atom stereocenters. The minimum absolute atomic E-state index is 0.159. The van der Waals surface area contributed by atoms with E-state index in [0.717, 1.165) is 11.8 Å². The van der Waals surface area contributed by atoms with Crippen LogP contribution in [0.2, 0.25) is 0 Å². The van der Waals surface area contributed by atoms with Gasteiger partial charge in [0, 0.05) is 11.9 Å². The van der Waals surface area contributed by atoms with Gasteiger partial charge in [0.1, 0.15) is 17.1 Å². The Hall–Kier alpha value is -2.57. The van der Waals surface area contributed by atoms with Crippen LogP contribution in [-0.2, 0) is 6.18 Å². The van der Waals surface area contributed by atoms with E-state index < -0.39 is 11.9 Å². The molecular weight excluding hydrogens is 269 g/mol. The van der Waals surface area contributed by atoms with Crippen molar-refractivity contribution >= 4 is 0 Å². The number of alkyl halides is 3. The highest BCUT2D eigenvalue weighted by atomic mass is 19.4. The third-order valence-electron chi connectivity index (χ3n) is 2.78. The van der Waals surface area contributed by atoms with Gasteiger partial charge in [-0.05, 0) is 18.2 Å². The van der Waals surface area contributed by atoms with Gasteiger partial charge >= 0.3 is 6.18 Å². The van der Waals surface area contributed by atoms with Gasteiger partial charge in [-0.15, -0.1) is 0 Å². The summed E-state index contributed by atoms with van der Waals surface area (Å²) in [7, 11) is 0. The van der Waals surface area contributed by atoms with Gasteiger partial charge in [0.15, 0.2) is 0 Å². The molecule has 0 spiro atoms. The molecule has 20 heavy (non-hydrogen) atoms. The van der Waals surface area contributed by atoms with Crippen LogP contribution in [0.5, 0.6) is 0 Å². The lowest BCUT2D eigenvalue weighted by molar-refractivity contribution is -0.141. The summed E-state index contributed by atoms with van der Waals surface area (Å²) >= 11 is 0. The maximum Gasteiger partial charge on any atom is 0.432 e. The van der Waals surface area contributed by atoms with Crippen molar-refractivity contribution in [3.63, 3.8) is 0 Å². The summed E-state index contributed by atoms with van der Waals surface area (Å²) in [5.41, 5.74) is 0.521. The number of hydrogen-bond donors (Lipinski definition) is 1. The number of para-hydroxylation sites is 1. The Kier molecular flexibility index (Phi) is 2.81. The fourth-order valence-electron chi connectivity index (χ4n) is 1.79. The fourth-order valence-corrected chi connectivity index (χ4v) is 1.79. The first-order valence-corrected chi connectivity index (χ1v) is 5.76. The van der Waals surface area contributed by atoms with Gasteiger partial charge in [0.25, 0.3) is 0 Å². The van der Waals surface area contributed by atoms with Gasteiger partial charge < -0.3 is 4.57 Å². The summed E-state index contributed by atoms with van der Waals surface area (Å²) in [5, 5.41) is 5.61. The number of aromatic nitrogens is 4. The van der Waals surface area contributed by atoms with Gasteiger partial charge in [-0.1, -0.05) is 18.2 Å². The topological polar surface area (TPSA) is 46.5 Å². The average molecular weight is 278 g/mol. The summed E-state index contributed by atoms with van der Waals surface area (Å²) < 4.78 is 39.2. The molecular formula is C13H9F3N4. The van der Waals surface area contributed by atoms with Crippen LogP contribution in [0.25, 0.3) is 17.1 Å². The standard InChI is InChI=1S/C13H9F3N4/c14-13(15,16)12-6-10(18-19-12)11-7-20(8-17-11)9-4-2-1-3-5-9/h1-8H,(H,18,19). The smallest absolute Gasteiger partial charge is 0.306 e. The highest BCUT2D eigenvalue weighted by Gasteiger charge is 2.33. The number of H-pyrrole nitrogens is 1. The molecule has 0 unspecified atom stereocenters. The van der Waals surface area contributed by atoms with Crippen molar-refractivity contribution in [3.05, 3.63) is 54.6 Å². The minimum atomic E-state index is -4.44. The maximum absolute atomic E-state index is 12.5. The van der Waals surface area contributed by atoms with E-state index in [1.54, 1.807) is 10.8 Å². The lowest BCUT2D eigenvalue weighted by atomic mass is 10.3. The van der Waals surface area contributed by atoms with Crippen LogP contribution >= 0.6 is 0 Å². The highest BCUT2D eigenvalue weighted by molar-refractivity contribution is 5.54. The van der Waals surface area contributed by atoms with Gasteiger partial charge in [-0.3, -0.25) is 5.10 Å². The van der Waals surface area contributed by atoms with E-state index in [-0.39, 0.29) is 5.69 Å². The third kappa shape index (κ3) is 2.29. The third-order valence-corrected chi connectivity index (χ3v) is 2.78. The predicted molar refractivity (Wildman–Crippen MR) is 66.1 cm³/mol. The monoisotopic (exact) mass is 278 g/mol. The fraction of sp³-hybridized carbons (Fsp3) is 0.0769. The van der Waals surface area contributed by atoms with E-state index in [1.807, 2.05) is 35.4 Å². The molecule has 3 rings (SSSR count). The van der Waals surface area contributed by atoms with Gasteiger partial charge in [-0.25, -0.2) is 4.98 Å². The zero-order valence-corrected chi connectivity index (χ0v) is 10.1. The van der Waals surface area contributed by atoms with Crippen molar-refractivity contribution < 1.29 is 13.2 Å². The molecule has 2 heterocycles. The van der Waals surface area contributed by atoms with Crippen LogP contribution in [-0.4, -0.2) is 19.7 Å². The van der Waals surface area contributed by atoms with Crippen LogP contribution in [0.1, 0.15) is 5.69 Å². The van der Waals surface area contributed by atoms with Crippen LogP contribution in [0.3, 0.4) is 0 Å². The molecule has 102 valence electrons. The molecule has 0 aliphatic heterocycles. The van der Waals surface area contributed by atoms with Crippen molar-refractivity contribution in [1.29, 1.82) is 0 Å². The Balaban J connectivity index is 1.93. The molecule has 0 amide bonds. The predicted octanol–water partition coefficient (Wildman–Crippen LogP) is 3.28. The molecule has 0 saturated carbocycles. The van der Waals surface area contributed by atoms with Gasteiger partial charge in [-0.2, -0.15) is 18.3 Å².